The first-order chi connectivity index (χ1) is 20.7. The molecule has 4 atom stereocenters. The Bertz CT molecular complexity index is 1730. The van der Waals surface area contributed by atoms with Crippen LogP contribution in [0.5, 0.6) is 0 Å². The molecule has 0 amide bonds. The number of fused-ring (bicyclic) bond motifs is 4. The molecule has 2 unspecified atom stereocenters. The van der Waals surface area contributed by atoms with Crippen molar-refractivity contribution in [2.45, 2.75) is 18.0 Å². The van der Waals surface area contributed by atoms with Crippen LogP contribution in [-0.2, 0) is 17.3 Å². The van der Waals surface area contributed by atoms with Gasteiger partial charge >= 0.3 is 27.0 Å². The van der Waals surface area contributed by atoms with Gasteiger partial charge in [0.1, 0.15) is 0 Å². The molecule has 0 spiro atoms. The fraction of sp³-hybridized carbons (Fsp3) is 0.139. The molecule has 0 saturated carbocycles. The minimum atomic E-state index is -1.52. The maximum atomic E-state index is 13.9. The average molecular weight is 694 g/mol. The van der Waals surface area contributed by atoms with Gasteiger partial charge in [-0.05, 0) is 30.2 Å². The summed E-state index contributed by atoms with van der Waals surface area (Å²) in [5.41, 5.74) is 1.88. The van der Waals surface area contributed by atoms with E-state index in [1.54, 1.807) is 21.5 Å². The predicted molar refractivity (Wildman–Crippen MR) is 177 cm³/mol. The molecule has 2 heterocycles. The molecule has 7 heteroatoms. The van der Waals surface area contributed by atoms with Gasteiger partial charge in [0, 0.05) is 11.1 Å². The van der Waals surface area contributed by atoms with Crippen LogP contribution in [0.2, 0.25) is 0 Å². The van der Waals surface area contributed by atoms with E-state index in [2.05, 4.69) is 70.4 Å². The SMILES string of the molecule is O=c1c2ccccc2c(=O)n2n1[C@H](c1ccccc1)[PH+](c1ccccc1)[C@H]2c1ccccc1.[C-]1=CC2C=CC1C2.[CH3-].[Cl][Rh+2]. The quantitative estimate of drug-likeness (QED) is 0.0851. The Morgan fingerprint density at radius 1 is 0.651 bits per heavy atom. The summed E-state index contributed by atoms with van der Waals surface area (Å²) >= 11 is 2.02. The van der Waals surface area contributed by atoms with E-state index in [0.717, 1.165) is 17.0 Å². The van der Waals surface area contributed by atoms with Gasteiger partial charge in [0.2, 0.25) is 0 Å². The van der Waals surface area contributed by atoms with Crippen molar-refractivity contribution in [3.05, 3.63) is 179 Å². The third kappa shape index (κ3) is 5.92. The van der Waals surface area contributed by atoms with Crippen LogP contribution in [0, 0.1) is 25.3 Å². The van der Waals surface area contributed by atoms with Gasteiger partial charge in [0.25, 0.3) is 11.1 Å². The number of halogens is 1. The molecule has 43 heavy (non-hydrogen) atoms. The Morgan fingerprint density at radius 3 is 1.44 bits per heavy atom. The molecule has 2 bridgehead atoms. The van der Waals surface area contributed by atoms with Gasteiger partial charge < -0.3 is 13.5 Å². The summed E-state index contributed by atoms with van der Waals surface area (Å²) in [6.07, 6.45) is 11.2. The van der Waals surface area contributed by atoms with Crippen LogP contribution in [0.1, 0.15) is 29.1 Å². The molecule has 3 aliphatic rings. The first-order valence-electron chi connectivity index (χ1n) is 13.9. The predicted octanol–water partition coefficient (Wildman–Crippen LogP) is 7.50. The topological polar surface area (TPSA) is 44.0 Å². The number of benzene rings is 4. The molecule has 4 aromatic carbocycles. The standard InChI is InChI=1S/C28H21N2O2P.C7H7.CH3.ClH.Rh/c31-25-23-18-10-11-19-24(23)26(32)30-28(21-14-6-2-7-15-21)33(22-16-8-3-9-17-22)27(29(25)30)20-12-4-1-5-13-20;1-2-7-4-3-6(1)5-7;;;/h1-19,27-28H;1-3,6-7H,5H2;1H3;1H;/q;2*-1;;+3/t27-,28-;;;;/m0..../s1. The average Bonchev–Trinajstić information content (AvgIpc) is 3.82. The second-order valence-corrected chi connectivity index (χ2v) is 13.1. The van der Waals surface area contributed by atoms with Crippen LogP contribution in [0.15, 0.2) is 143 Å². The minimum absolute atomic E-state index is 0. The fourth-order valence-corrected chi connectivity index (χ4v) is 9.90. The van der Waals surface area contributed by atoms with E-state index in [9.17, 15) is 9.59 Å². The third-order valence-corrected chi connectivity index (χ3v) is 11.4. The first kappa shape index (κ1) is 31.1. The van der Waals surface area contributed by atoms with E-state index in [1.807, 2.05) is 84.0 Å². The second kappa shape index (κ2) is 14.0. The van der Waals surface area contributed by atoms with Gasteiger partial charge in [-0.2, -0.15) is 15.3 Å². The Morgan fingerprint density at radius 2 is 1.09 bits per heavy atom. The molecule has 218 valence electrons. The first-order valence-corrected chi connectivity index (χ1v) is 17.7. The summed E-state index contributed by atoms with van der Waals surface area (Å²) in [5.74, 6) is 1.01. The molecular formula is C36H32ClN2O2PRh+. The van der Waals surface area contributed by atoms with Crippen LogP contribution in [0.25, 0.3) is 10.8 Å². The summed E-state index contributed by atoms with van der Waals surface area (Å²) < 4.78 is 3.50. The Balaban J connectivity index is 0.000000317. The molecular weight excluding hydrogens is 662 g/mol. The van der Waals surface area contributed by atoms with Crippen molar-refractivity contribution in [3.63, 3.8) is 0 Å². The summed E-state index contributed by atoms with van der Waals surface area (Å²) in [6.45, 7) is 0. The zero-order valence-corrected chi connectivity index (χ0v) is 27.0. The van der Waals surface area contributed by atoms with Crippen molar-refractivity contribution in [1.82, 2.24) is 9.36 Å². The van der Waals surface area contributed by atoms with Gasteiger partial charge in [0.15, 0.2) is 11.6 Å². The normalized spacial score (nSPS) is 20.9. The number of hydrogen-bond acceptors (Lipinski definition) is 2. The van der Waals surface area contributed by atoms with E-state index in [1.165, 1.54) is 11.7 Å². The maximum absolute atomic E-state index is 13.9. The molecule has 0 saturated heterocycles. The number of aromatic nitrogens is 2. The fourth-order valence-electron chi connectivity index (χ4n) is 6.28. The molecule has 8 rings (SSSR count). The van der Waals surface area contributed by atoms with Gasteiger partial charge in [-0.25, -0.2) is 0 Å². The van der Waals surface area contributed by atoms with Crippen LogP contribution >= 0.6 is 17.6 Å². The van der Waals surface area contributed by atoms with Crippen LogP contribution in [-0.4, -0.2) is 9.36 Å². The van der Waals surface area contributed by atoms with Crippen molar-refractivity contribution < 1.29 is 17.3 Å². The molecule has 0 radical (unpaired) electrons. The Hall–Kier alpha value is -3.36. The Labute approximate surface area is 267 Å². The number of rotatable bonds is 3. The molecule has 2 aliphatic carbocycles. The summed E-state index contributed by atoms with van der Waals surface area (Å²) in [6, 6.07) is 37.8. The summed E-state index contributed by atoms with van der Waals surface area (Å²) in [4.78, 5) is 27.9. The van der Waals surface area contributed by atoms with Crippen LogP contribution in [0.4, 0.5) is 0 Å². The monoisotopic (exact) mass is 693 g/mol. The van der Waals surface area contributed by atoms with E-state index < -0.39 is 7.92 Å². The molecule has 1 aromatic heterocycles. The number of hydrogen-bond donors (Lipinski definition) is 0. The summed E-state index contributed by atoms with van der Waals surface area (Å²) in [5, 5.41) is 2.15. The molecule has 0 N–H and O–H groups in total. The van der Waals surface area contributed by atoms with Gasteiger partial charge in [-0.3, -0.25) is 15.7 Å². The van der Waals surface area contributed by atoms with E-state index >= 15 is 0 Å². The van der Waals surface area contributed by atoms with Crippen molar-refractivity contribution in [3.8, 4) is 0 Å². The van der Waals surface area contributed by atoms with Crippen molar-refractivity contribution in [1.29, 1.82) is 0 Å². The van der Waals surface area contributed by atoms with Crippen LogP contribution in [0.3, 0.4) is 0 Å². The van der Waals surface area contributed by atoms with E-state index in [-0.39, 0.29) is 30.1 Å². The molecule has 5 aromatic rings. The van der Waals surface area contributed by atoms with Gasteiger partial charge in [-0.1, -0.05) is 103 Å². The van der Waals surface area contributed by atoms with Gasteiger partial charge in [-0.15, -0.1) is 6.08 Å². The van der Waals surface area contributed by atoms with Crippen LogP contribution < -0.4 is 16.4 Å². The zero-order valence-electron chi connectivity index (χ0n) is 23.6. The van der Waals surface area contributed by atoms with Crippen molar-refractivity contribution >= 4 is 33.7 Å². The second-order valence-electron chi connectivity index (χ2n) is 10.5. The van der Waals surface area contributed by atoms with Gasteiger partial charge in [0.05, 0.1) is 24.0 Å². The van der Waals surface area contributed by atoms with Crippen molar-refractivity contribution in [2.75, 3.05) is 0 Å². The molecule has 1 aliphatic heterocycles. The number of allylic oxidation sites excluding steroid dienone is 4. The van der Waals surface area contributed by atoms with E-state index in [4.69, 9.17) is 0 Å². The van der Waals surface area contributed by atoms with E-state index in [0.29, 0.717) is 16.7 Å². The Kier molecular flexibility index (Phi) is 10.1. The molecule has 0 fully saturated rings. The summed E-state index contributed by atoms with van der Waals surface area (Å²) in [7, 11) is 3.01. The molecule has 4 nitrogen and oxygen atoms in total. The number of nitrogens with zero attached hydrogens (tertiary/aromatic N) is 2. The van der Waals surface area contributed by atoms with Crippen molar-refractivity contribution in [2.24, 2.45) is 11.8 Å². The zero-order chi connectivity index (χ0) is 29.1. The third-order valence-electron chi connectivity index (χ3n) is 8.09.